The topological polar surface area (TPSA) is 157 Å². The Bertz CT molecular complexity index is 1720. The Morgan fingerprint density at radius 3 is 2.68 bits per heavy atom. The van der Waals surface area contributed by atoms with Crippen molar-refractivity contribution in [2.24, 2.45) is 18.9 Å². The Morgan fingerprint density at radius 2 is 1.97 bits per heavy atom. The molecule has 6 rings (SSSR count). The number of piperidine rings is 1. The van der Waals surface area contributed by atoms with Crippen molar-refractivity contribution in [3.05, 3.63) is 57.8 Å². The van der Waals surface area contributed by atoms with Gasteiger partial charge in [-0.15, -0.1) is 0 Å². The van der Waals surface area contributed by atoms with E-state index in [1.54, 1.807) is 25.4 Å². The molecule has 2 fully saturated rings. The predicted octanol–water partition coefficient (Wildman–Crippen LogP) is 0.928. The highest BCUT2D eigenvalue weighted by molar-refractivity contribution is 5.93. The van der Waals surface area contributed by atoms with Crippen LogP contribution in [0.4, 0.5) is 11.6 Å². The van der Waals surface area contributed by atoms with Crippen LogP contribution in [-0.2, 0) is 18.4 Å². The van der Waals surface area contributed by atoms with Crippen LogP contribution in [0.25, 0.3) is 22.6 Å². The summed E-state index contributed by atoms with van der Waals surface area (Å²) >= 11 is 0. The summed E-state index contributed by atoms with van der Waals surface area (Å²) in [6, 6.07) is 6.40. The average molecular weight is 513 g/mol. The number of imidazole rings is 1. The lowest BCUT2D eigenvalue weighted by Crippen LogP contribution is -2.40. The molecule has 192 valence electrons. The summed E-state index contributed by atoms with van der Waals surface area (Å²) in [5, 5.41) is 11.8. The second-order valence-electron chi connectivity index (χ2n) is 9.71. The number of hydrogen-bond acceptors (Lipinski definition) is 9. The van der Waals surface area contributed by atoms with Gasteiger partial charge in [-0.3, -0.25) is 14.2 Å². The van der Waals surface area contributed by atoms with E-state index in [0.29, 0.717) is 5.82 Å². The van der Waals surface area contributed by atoms with Crippen molar-refractivity contribution in [1.82, 2.24) is 33.6 Å². The zero-order valence-corrected chi connectivity index (χ0v) is 20.8. The van der Waals surface area contributed by atoms with Crippen molar-refractivity contribution in [2.45, 2.75) is 25.9 Å². The number of amides is 1. The molecule has 1 N–H and O–H groups in total. The zero-order chi connectivity index (χ0) is 26.6. The van der Waals surface area contributed by atoms with E-state index < -0.39 is 29.7 Å². The highest BCUT2D eigenvalue weighted by Gasteiger charge is 2.45. The van der Waals surface area contributed by atoms with Crippen LogP contribution < -0.4 is 21.5 Å². The normalized spacial score (nSPS) is 18.7. The Balaban J connectivity index is 1.23. The van der Waals surface area contributed by atoms with Crippen LogP contribution in [0, 0.1) is 23.2 Å². The minimum atomic E-state index is -0.869. The van der Waals surface area contributed by atoms with Crippen LogP contribution in [-0.4, -0.2) is 52.6 Å². The van der Waals surface area contributed by atoms with E-state index in [1.165, 1.54) is 28.9 Å². The molecule has 1 saturated heterocycles. The maximum absolute atomic E-state index is 13.1. The van der Waals surface area contributed by atoms with E-state index in [-0.39, 0.29) is 17.0 Å². The van der Waals surface area contributed by atoms with Gasteiger partial charge in [0.15, 0.2) is 17.0 Å². The smallest absolute Gasteiger partial charge is 0.333 e. The monoisotopic (exact) mass is 512 g/mol. The van der Waals surface area contributed by atoms with Gasteiger partial charge in [-0.25, -0.2) is 29.3 Å². The summed E-state index contributed by atoms with van der Waals surface area (Å²) in [4.78, 5) is 58.4. The van der Waals surface area contributed by atoms with Gasteiger partial charge >= 0.3 is 5.69 Å². The Labute approximate surface area is 216 Å². The number of nitrogens with one attached hydrogen (secondary N) is 1. The predicted molar refractivity (Wildman–Crippen MR) is 137 cm³/mol. The SMILES string of the molecule is C[C@@H](C(=O)Nc1ccnc(-c2ccc(N3CC4CC4C3)nc2)n1)n1cnc2c1c(=O)n(CC#N)c(=O)n2C. The van der Waals surface area contributed by atoms with Crippen molar-refractivity contribution in [3.63, 3.8) is 0 Å². The molecule has 38 heavy (non-hydrogen) atoms. The lowest BCUT2D eigenvalue weighted by atomic mass is 10.2. The third-order valence-electron chi connectivity index (χ3n) is 7.30. The van der Waals surface area contributed by atoms with Crippen LogP contribution >= 0.6 is 0 Å². The van der Waals surface area contributed by atoms with E-state index in [2.05, 4.69) is 30.2 Å². The standard InChI is InChI=1S/C25H24N10O3/c1-14(35-13-29-22-20(35)24(37)34(8-6-26)25(38)32(22)2)23(36)31-18-5-7-27-21(30-18)15-3-4-19(28-10-15)33-11-16-9-17(16)12-33/h3-5,7,10,13-14,16-17H,8-9,11-12H2,1-2H3,(H,27,30,31,36)/t14-,16?,17?/m0/s1. The molecule has 1 aliphatic heterocycles. The van der Waals surface area contributed by atoms with Gasteiger partial charge in [-0.05, 0) is 43.4 Å². The first-order valence-corrected chi connectivity index (χ1v) is 12.2. The lowest BCUT2D eigenvalue weighted by molar-refractivity contribution is -0.118. The number of fused-ring (bicyclic) bond motifs is 2. The number of pyridine rings is 1. The summed E-state index contributed by atoms with van der Waals surface area (Å²) in [5.74, 6) is 2.82. The van der Waals surface area contributed by atoms with Crippen molar-refractivity contribution < 1.29 is 4.79 Å². The first-order valence-electron chi connectivity index (χ1n) is 12.2. The van der Waals surface area contributed by atoms with Crippen LogP contribution in [0.1, 0.15) is 19.4 Å². The van der Waals surface area contributed by atoms with Crippen molar-refractivity contribution in [1.29, 1.82) is 5.26 Å². The molecular formula is C25H24N10O3. The molecule has 1 amide bonds. The van der Waals surface area contributed by atoms with Gasteiger partial charge in [0.1, 0.15) is 24.2 Å². The molecule has 0 aromatic carbocycles. The summed E-state index contributed by atoms with van der Waals surface area (Å²) < 4.78 is 3.37. The number of rotatable bonds is 6. The molecule has 3 atom stereocenters. The zero-order valence-electron chi connectivity index (χ0n) is 20.8. The molecule has 2 unspecified atom stereocenters. The molecule has 0 radical (unpaired) electrons. The van der Waals surface area contributed by atoms with Gasteiger partial charge in [0.05, 0.1) is 12.4 Å². The highest BCUT2D eigenvalue weighted by atomic mass is 16.2. The molecule has 5 heterocycles. The molecular weight excluding hydrogens is 488 g/mol. The number of aromatic nitrogens is 7. The number of nitriles is 1. The highest BCUT2D eigenvalue weighted by Crippen LogP contribution is 2.45. The second kappa shape index (κ2) is 8.91. The van der Waals surface area contributed by atoms with E-state index in [9.17, 15) is 14.4 Å². The maximum atomic E-state index is 13.1. The van der Waals surface area contributed by atoms with Crippen molar-refractivity contribution >= 4 is 28.7 Å². The fourth-order valence-electron chi connectivity index (χ4n) is 5.01. The van der Waals surface area contributed by atoms with Gasteiger partial charge < -0.3 is 14.8 Å². The number of anilines is 2. The number of nitrogens with zero attached hydrogens (tertiary/aromatic N) is 9. The molecule has 1 aliphatic carbocycles. The Kier molecular flexibility index (Phi) is 5.52. The Morgan fingerprint density at radius 1 is 1.18 bits per heavy atom. The fourth-order valence-corrected chi connectivity index (χ4v) is 5.01. The van der Waals surface area contributed by atoms with E-state index in [1.807, 2.05) is 18.2 Å². The van der Waals surface area contributed by atoms with Crippen LogP contribution in [0.3, 0.4) is 0 Å². The first kappa shape index (κ1) is 23.5. The molecule has 4 aromatic rings. The number of hydrogen-bond donors (Lipinski definition) is 1. The van der Waals surface area contributed by atoms with Gasteiger partial charge in [0.25, 0.3) is 5.56 Å². The van der Waals surface area contributed by atoms with Gasteiger partial charge in [0.2, 0.25) is 5.91 Å². The summed E-state index contributed by atoms with van der Waals surface area (Å²) in [6.07, 6.45) is 5.94. The maximum Gasteiger partial charge on any atom is 0.333 e. The van der Waals surface area contributed by atoms with E-state index in [0.717, 1.165) is 40.9 Å². The molecule has 13 heteroatoms. The number of carbonyl (C=O) groups is 1. The quantitative estimate of drug-likeness (QED) is 0.397. The van der Waals surface area contributed by atoms with E-state index in [4.69, 9.17) is 5.26 Å². The minimum absolute atomic E-state index is 0.0508. The first-order chi connectivity index (χ1) is 18.4. The molecule has 0 bridgehead atoms. The number of carbonyl (C=O) groups excluding carboxylic acids is 1. The van der Waals surface area contributed by atoms with Crippen LogP contribution in [0.2, 0.25) is 0 Å². The molecule has 13 nitrogen and oxygen atoms in total. The average Bonchev–Trinajstić information content (AvgIpc) is 3.32. The molecule has 1 saturated carbocycles. The van der Waals surface area contributed by atoms with Crippen molar-refractivity contribution in [3.8, 4) is 17.5 Å². The van der Waals surface area contributed by atoms with Gasteiger partial charge in [-0.1, -0.05) is 0 Å². The van der Waals surface area contributed by atoms with Crippen LogP contribution in [0.5, 0.6) is 0 Å². The largest absolute Gasteiger partial charge is 0.356 e. The third kappa shape index (κ3) is 3.90. The fraction of sp³-hybridized carbons (Fsp3) is 0.360. The molecule has 2 aliphatic rings. The van der Waals surface area contributed by atoms with Crippen LogP contribution in [0.15, 0.2) is 46.5 Å². The third-order valence-corrected chi connectivity index (χ3v) is 7.30. The van der Waals surface area contributed by atoms with Crippen molar-refractivity contribution in [2.75, 3.05) is 23.3 Å². The van der Waals surface area contributed by atoms with E-state index >= 15 is 0 Å². The number of aryl methyl sites for hydroxylation is 1. The van der Waals surface area contributed by atoms with Gasteiger partial charge in [-0.2, -0.15) is 5.26 Å². The lowest BCUT2D eigenvalue weighted by Gasteiger charge is -2.18. The molecule has 4 aromatic heterocycles. The summed E-state index contributed by atoms with van der Waals surface area (Å²) in [5.41, 5.74) is -0.441. The molecule has 0 spiro atoms. The second-order valence-corrected chi connectivity index (χ2v) is 9.71. The summed E-state index contributed by atoms with van der Waals surface area (Å²) in [6.45, 7) is 3.30. The van der Waals surface area contributed by atoms with Gasteiger partial charge in [0, 0.05) is 38.1 Å². The summed E-state index contributed by atoms with van der Waals surface area (Å²) in [7, 11) is 1.46. The minimum Gasteiger partial charge on any atom is -0.356 e. The Hall–Kier alpha value is -4.86.